The van der Waals surface area contributed by atoms with Gasteiger partial charge in [0.25, 0.3) is 5.91 Å². The molecular formula is C29H29N5O2. The van der Waals surface area contributed by atoms with E-state index in [0.29, 0.717) is 23.9 Å². The molecule has 7 nitrogen and oxygen atoms in total. The number of aromatic nitrogens is 3. The van der Waals surface area contributed by atoms with Crippen molar-refractivity contribution >= 4 is 17.5 Å². The molecule has 1 aliphatic heterocycles. The van der Waals surface area contributed by atoms with E-state index >= 15 is 0 Å². The van der Waals surface area contributed by atoms with Crippen molar-refractivity contribution in [3.8, 4) is 5.75 Å². The van der Waals surface area contributed by atoms with Crippen LogP contribution < -0.4 is 15.4 Å². The predicted molar refractivity (Wildman–Crippen MR) is 141 cm³/mol. The van der Waals surface area contributed by atoms with Crippen LogP contribution in [-0.2, 0) is 11.4 Å². The van der Waals surface area contributed by atoms with E-state index in [1.54, 1.807) is 4.68 Å². The molecule has 0 aliphatic carbocycles. The Morgan fingerprint density at radius 3 is 2.53 bits per heavy atom. The Morgan fingerprint density at radius 2 is 1.75 bits per heavy atom. The second kappa shape index (κ2) is 9.70. The first kappa shape index (κ1) is 23.4. The van der Waals surface area contributed by atoms with Crippen LogP contribution in [0.5, 0.6) is 5.75 Å². The Labute approximate surface area is 210 Å². The van der Waals surface area contributed by atoms with Crippen molar-refractivity contribution in [2.75, 3.05) is 10.6 Å². The molecule has 36 heavy (non-hydrogen) atoms. The minimum Gasteiger partial charge on any atom is -0.489 e. The third kappa shape index (κ3) is 4.60. The van der Waals surface area contributed by atoms with Gasteiger partial charge in [-0.2, -0.15) is 10.1 Å². The minimum atomic E-state index is -0.510. The maximum absolute atomic E-state index is 13.7. The molecular weight excluding hydrogens is 450 g/mol. The van der Waals surface area contributed by atoms with Crippen LogP contribution in [0.2, 0.25) is 0 Å². The zero-order valence-corrected chi connectivity index (χ0v) is 20.9. The van der Waals surface area contributed by atoms with Crippen molar-refractivity contribution in [1.82, 2.24) is 14.8 Å². The molecule has 0 radical (unpaired) electrons. The lowest BCUT2D eigenvalue weighted by Crippen LogP contribution is -2.32. The smallest absolute Gasteiger partial charge is 0.255 e. The molecule has 182 valence electrons. The standard InChI is InChI=1S/C29H29N5O2/c1-18-9-12-22(13-10-18)16-36-25-8-6-5-7-23(25)27-26(21(4)32-29-30-17-31-34(27)29)28(35)33-24-14-11-19(2)15-20(24)3/h5-15,17,27H,16H2,1-4H3,(H,33,35)(H,30,31,32). The van der Waals surface area contributed by atoms with Gasteiger partial charge in [0.1, 0.15) is 24.7 Å². The number of benzene rings is 3. The molecule has 7 heteroatoms. The fraction of sp³-hybridized carbons (Fsp3) is 0.207. The molecule has 1 aliphatic rings. The van der Waals surface area contributed by atoms with Crippen molar-refractivity contribution in [3.63, 3.8) is 0 Å². The SMILES string of the molecule is CC1=C(C(=O)Nc2ccc(C)cc2C)C(c2ccccc2OCc2ccc(C)cc2)n2ncnc2N1. The number of carbonyl (C=O) groups is 1. The Kier molecular flexibility index (Phi) is 6.29. The number of rotatable bonds is 6. The number of amides is 1. The Balaban J connectivity index is 1.51. The minimum absolute atomic E-state index is 0.202. The summed E-state index contributed by atoms with van der Waals surface area (Å²) in [6.07, 6.45) is 1.49. The fourth-order valence-corrected chi connectivity index (χ4v) is 4.50. The van der Waals surface area contributed by atoms with E-state index in [1.165, 1.54) is 11.9 Å². The predicted octanol–water partition coefficient (Wildman–Crippen LogP) is 5.71. The second-order valence-electron chi connectivity index (χ2n) is 9.18. The largest absolute Gasteiger partial charge is 0.489 e. The summed E-state index contributed by atoms with van der Waals surface area (Å²) in [6, 6.07) is 21.5. The quantitative estimate of drug-likeness (QED) is 0.370. The van der Waals surface area contributed by atoms with Crippen molar-refractivity contribution < 1.29 is 9.53 Å². The number of carbonyl (C=O) groups excluding carboxylic acids is 1. The maximum atomic E-state index is 13.7. The van der Waals surface area contributed by atoms with Gasteiger partial charge in [-0.15, -0.1) is 0 Å². The van der Waals surface area contributed by atoms with Crippen LogP contribution in [0.1, 0.15) is 40.8 Å². The van der Waals surface area contributed by atoms with Gasteiger partial charge in [0, 0.05) is 16.9 Å². The number of anilines is 2. The summed E-state index contributed by atoms with van der Waals surface area (Å²) < 4.78 is 8.02. The number of aryl methyl sites for hydroxylation is 3. The summed E-state index contributed by atoms with van der Waals surface area (Å²) in [5, 5.41) is 10.8. The second-order valence-corrected chi connectivity index (χ2v) is 9.18. The Morgan fingerprint density at radius 1 is 1.00 bits per heavy atom. The highest BCUT2D eigenvalue weighted by Gasteiger charge is 2.35. The molecule has 0 fully saturated rings. The molecule has 3 aromatic carbocycles. The molecule has 1 unspecified atom stereocenters. The summed E-state index contributed by atoms with van der Waals surface area (Å²) in [4.78, 5) is 18.1. The van der Waals surface area contributed by atoms with Gasteiger partial charge < -0.3 is 15.4 Å². The number of hydrogen-bond donors (Lipinski definition) is 2. The molecule has 1 amide bonds. The Hall–Kier alpha value is -4.39. The van der Waals surface area contributed by atoms with Gasteiger partial charge in [0.2, 0.25) is 5.95 Å². The molecule has 2 heterocycles. The summed E-state index contributed by atoms with van der Waals surface area (Å²) in [5.41, 5.74) is 7.31. The van der Waals surface area contributed by atoms with Crippen LogP contribution in [0.15, 0.2) is 84.3 Å². The first-order valence-corrected chi connectivity index (χ1v) is 11.9. The molecule has 0 saturated heterocycles. The molecule has 0 saturated carbocycles. The molecule has 1 aromatic heterocycles. The van der Waals surface area contributed by atoms with E-state index < -0.39 is 6.04 Å². The van der Waals surface area contributed by atoms with Crippen LogP contribution in [0.3, 0.4) is 0 Å². The monoisotopic (exact) mass is 479 g/mol. The first-order chi connectivity index (χ1) is 17.4. The number of fused-ring (bicyclic) bond motifs is 1. The summed E-state index contributed by atoms with van der Waals surface area (Å²) in [5.74, 6) is 1.07. The number of nitrogens with zero attached hydrogens (tertiary/aromatic N) is 3. The molecule has 1 atom stereocenters. The molecule has 4 aromatic rings. The van der Waals surface area contributed by atoms with Gasteiger partial charge in [-0.3, -0.25) is 4.79 Å². The average molecular weight is 480 g/mol. The van der Waals surface area contributed by atoms with Crippen LogP contribution in [0.4, 0.5) is 11.6 Å². The highest BCUT2D eigenvalue weighted by atomic mass is 16.5. The molecule has 2 N–H and O–H groups in total. The fourth-order valence-electron chi connectivity index (χ4n) is 4.50. The number of nitrogens with one attached hydrogen (secondary N) is 2. The van der Waals surface area contributed by atoms with Gasteiger partial charge in [-0.1, -0.05) is 65.7 Å². The number of hydrogen-bond acceptors (Lipinski definition) is 5. The van der Waals surface area contributed by atoms with E-state index in [1.807, 2.05) is 57.2 Å². The van der Waals surface area contributed by atoms with Crippen molar-refractivity contribution in [2.45, 2.75) is 40.3 Å². The van der Waals surface area contributed by atoms with Crippen molar-refractivity contribution in [2.24, 2.45) is 0 Å². The molecule has 5 rings (SSSR count). The maximum Gasteiger partial charge on any atom is 0.255 e. The lowest BCUT2D eigenvalue weighted by atomic mass is 9.94. The van der Waals surface area contributed by atoms with Crippen LogP contribution in [-0.4, -0.2) is 20.7 Å². The number of ether oxygens (including phenoxy) is 1. The lowest BCUT2D eigenvalue weighted by molar-refractivity contribution is -0.113. The summed E-state index contributed by atoms with van der Waals surface area (Å²) in [7, 11) is 0. The van der Waals surface area contributed by atoms with Gasteiger partial charge in [0.15, 0.2) is 0 Å². The van der Waals surface area contributed by atoms with Crippen molar-refractivity contribution in [3.05, 3.63) is 112 Å². The van der Waals surface area contributed by atoms with Gasteiger partial charge in [-0.05, 0) is 51.0 Å². The van der Waals surface area contributed by atoms with Crippen LogP contribution >= 0.6 is 0 Å². The van der Waals surface area contributed by atoms with E-state index in [9.17, 15) is 4.79 Å². The third-order valence-electron chi connectivity index (χ3n) is 6.40. The van der Waals surface area contributed by atoms with Crippen LogP contribution in [0.25, 0.3) is 0 Å². The lowest BCUT2D eigenvalue weighted by Gasteiger charge is -2.30. The number of para-hydroxylation sites is 1. The van der Waals surface area contributed by atoms with Gasteiger partial charge in [-0.25, -0.2) is 4.68 Å². The highest BCUT2D eigenvalue weighted by molar-refractivity contribution is 6.06. The van der Waals surface area contributed by atoms with Crippen LogP contribution in [0, 0.1) is 20.8 Å². The summed E-state index contributed by atoms with van der Waals surface area (Å²) >= 11 is 0. The summed E-state index contributed by atoms with van der Waals surface area (Å²) in [6.45, 7) is 8.39. The van der Waals surface area contributed by atoms with Crippen molar-refractivity contribution in [1.29, 1.82) is 0 Å². The normalized spacial score (nSPS) is 14.7. The zero-order chi connectivity index (χ0) is 25.2. The van der Waals surface area contributed by atoms with Gasteiger partial charge in [0.05, 0.1) is 5.57 Å². The Bertz CT molecular complexity index is 1450. The third-order valence-corrected chi connectivity index (χ3v) is 6.40. The highest BCUT2D eigenvalue weighted by Crippen LogP contribution is 2.39. The first-order valence-electron chi connectivity index (χ1n) is 11.9. The topological polar surface area (TPSA) is 81.1 Å². The van der Waals surface area contributed by atoms with Gasteiger partial charge >= 0.3 is 0 Å². The number of allylic oxidation sites excluding steroid dienone is 1. The van der Waals surface area contributed by atoms with E-state index in [2.05, 4.69) is 58.0 Å². The molecule has 0 spiro atoms. The van der Waals surface area contributed by atoms with E-state index in [0.717, 1.165) is 33.6 Å². The molecule has 0 bridgehead atoms. The zero-order valence-electron chi connectivity index (χ0n) is 20.9. The average Bonchev–Trinajstić information content (AvgIpc) is 3.33. The van der Waals surface area contributed by atoms with E-state index in [4.69, 9.17) is 4.74 Å². The van der Waals surface area contributed by atoms with E-state index in [-0.39, 0.29) is 5.91 Å².